The maximum atomic E-state index is 12.3. The van der Waals surface area contributed by atoms with Gasteiger partial charge in [-0.1, -0.05) is 58.3 Å². The molecule has 1 rings (SSSR count). The van der Waals surface area contributed by atoms with Crippen molar-refractivity contribution in [3.63, 3.8) is 0 Å². The van der Waals surface area contributed by atoms with Gasteiger partial charge >= 0.3 is 5.97 Å². The van der Waals surface area contributed by atoms with Gasteiger partial charge in [0.25, 0.3) is 0 Å². The number of rotatable bonds is 13. The van der Waals surface area contributed by atoms with Crippen LogP contribution in [0.1, 0.15) is 78.1 Å². The van der Waals surface area contributed by atoms with Crippen molar-refractivity contribution in [3.8, 4) is 0 Å². The summed E-state index contributed by atoms with van der Waals surface area (Å²) in [5.74, 6) is 0.107. The summed E-state index contributed by atoms with van der Waals surface area (Å²) in [6.07, 6.45) is 12.2. The first-order chi connectivity index (χ1) is 12.2. The number of carbonyl (C=O) groups is 2. The summed E-state index contributed by atoms with van der Waals surface area (Å²) < 4.78 is 4.97. The zero-order chi connectivity index (χ0) is 18.3. The molecular weight excluding hydrogens is 316 g/mol. The molecule has 0 atom stereocenters. The molecular formula is C20H38N2O3. The van der Waals surface area contributed by atoms with Crippen molar-refractivity contribution in [1.29, 1.82) is 0 Å². The van der Waals surface area contributed by atoms with Gasteiger partial charge < -0.3 is 9.64 Å². The maximum absolute atomic E-state index is 12.3. The second-order valence-corrected chi connectivity index (χ2v) is 7.04. The van der Waals surface area contributed by atoms with Crippen LogP contribution in [0, 0.1) is 0 Å². The second-order valence-electron chi connectivity index (χ2n) is 7.04. The van der Waals surface area contributed by atoms with Gasteiger partial charge in [-0.2, -0.15) is 0 Å². The Kier molecular flexibility index (Phi) is 12.4. The third-order valence-corrected chi connectivity index (χ3v) is 4.88. The van der Waals surface area contributed by atoms with E-state index in [4.69, 9.17) is 4.74 Å². The van der Waals surface area contributed by atoms with E-state index in [1.165, 1.54) is 51.4 Å². The average Bonchev–Trinajstić information content (AvgIpc) is 2.61. The highest BCUT2D eigenvalue weighted by atomic mass is 16.5. The fraction of sp³-hybridized carbons (Fsp3) is 0.900. The molecule has 1 heterocycles. The minimum absolute atomic E-state index is 0.169. The minimum Gasteiger partial charge on any atom is -0.465 e. The number of esters is 1. The molecule has 0 aromatic carbocycles. The molecule has 1 aliphatic heterocycles. The number of hydrogen-bond acceptors (Lipinski definition) is 4. The third kappa shape index (κ3) is 10.5. The monoisotopic (exact) mass is 354 g/mol. The summed E-state index contributed by atoms with van der Waals surface area (Å²) >= 11 is 0. The number of unbranched alkanes of at least 4 members (excludes halogenated alkanes) is 8. The summed E-state index contributed by atoms with van der Waals surface area (Å²) in [5.41, 5.74) is 0. The smallest absolute Gasteiger partial charge is 0.320 e. The molecule has 0 aliphatic carbocycles. The Morgan fingerprint density at radius 3 is 1.92 bits per heavy atom. The van der Waals surface area contributed by atoms with E-state index in [-0.39, 0.29) is 11.9 Å². The van der Waals surface area contributed by atoms with E-state index >= 15 is 0 Å². The average molecular weight is 355 g/mol. The van der Waals surface area contributed by atoms with Crippen molar-refractivity contribution >= 4 is 11.9 Å². The van der Waals surface area contributed by atoms with E-state index in [0.29, 0.717) is 19.6 Å². The zero-order valence-corrected chi connectivity index (χ0v) is 16.4. The molecule has 0 N–H and O–H groups in total. The molecule has 5 nitrogen and oxygen atoms in total. The number of nitrogens with zero attached hydrogens (tertiary/aromatic N) is 2. The summed E-state index contributed by atoms with van der Waals surface area (Å²) in [7, 11) is 0. The number of piperazine rings is 1. The van der Waals surface area contributed by atoms with Crippen LogP contribution in [0.25, 0.3) is 0 Å². The zero-order valence-electron chi connectivity index (χ0n) is 16.4. The fourth-order valence-corrected chi connectivity index (χ4v) is 3.29. The van der Waals surface area contributed by atoms with Crippen molar-refractivity contribution < 1.29 is 14.3 Å². The van der Waals surface area contributed by atoms with Crippen LogP contribution >= 0.6 is 0 Å². The number of hydrogen-bond donors (Lipinski definition) is 0. The summed E-state index contributed by atoms with van der Waals surface area (Å²) in [6, 6.07) is 0. The van der Waals surface area contributed by atoms with Crippen LogP contribution in [0.3, 0.4) is 0 Å². The summed E-state index contributed by atoms with van der Waals surface area (Å²) in [5, 5.41) is 0. The first-order valence-electron chi connectivity index (χ1n) is 10.3. The van der Waals surface area contributed by atoms with Crippen molar-refractivity contribution in [1.82, 2.24) is 9.80 Å². The molecule has 1 amide bonds. The van der Waals surface area contributed by atoms with Crippen LogP contribution in [-0.4, -0.2) is 61.0 Å². The van der Waals surface area contributed by atoms with E-state index in [0.717, 1.165) is 32.6 Å². The van der Waals surface area contributed by atoms with Crippen LogP contribution in [0.4, 0.5) is 0 Å². The quantitative estimate of drug-likeness (QED) is 0.374. The SMILES string of the molecule is CCCCCCCCCCCC(=O)N1CCN(CC(=O)OCC)CC1. The lowest BCUT2D eigenvalue weighted by Crippen LogP contribution is -2.50. The lowest BCUT2D eigenvalue weighted by atomic mass is 10.1. The van der Waals surface area contributed by atoms with Crippen molar-refractivity contribution in [2.45, 2.75) is 78.1 Å². The van der Waals surface area contributed by atoms with Gasteiger partial charge in [0.1, 0.15) is 0 Å². The van der Waals surface area contributed by atoms with Crippen molar-refractivity contribution in [2.75, 3.05) is 39.3 Å². The van der Waals surface area contributed by atoms with Gasteiger partial charge in [-0.25, -0.2) is 0 Å². The largest absolute Gasteiger partial charge is 0.465 e. The van der Waals surface area contributed by atoms with Gasteiger partial charge in [0, 0.05) is 32.6 Å². The molecule has 0 spiro atoms. The number of ether oxygens (including phenoxy) is 1. The predicted molar refractivity (Wildman–Crippen MR) is 101 cm³/mol. The highest BCUT2D eigenvalue weighted by Gasteiger charge is 2.22. The highest BCUT2D eigenvalue weighted by molar-refractivity contribution is 5.76. The Bertz CT molecular complexity index is 366. The minimum atomic E-state index is -0.169. The molecule has 0 radical (unpaired) electrons. The molecule has 1 fully saturated rings. The number of amides is 1. The second kappa shape index (κ2) is 14.1. The van der Waals surface area contributed by atoms with Crippen LogP contribution in [-0.2, 0) is 14.3 Å². The van der Waals surface area contributed by atoms with Gasteiger partial charge in [-0.3, -0.25) is 14.5 Å². The Morgan fingerprint density at radius 1 is 0.800 bits per heavy atom. The third-order valence-electron chi connectivity index (χ3n) is 4.88. The highest BCUT2D eigenvalue weighted by Crippen LogP contribution is 2.12. The number of carbonyl (C=O) groups excluding carboxylic acids is 2. The van der Waals surface area contributed by atoms with Crippen molar-refractivity contribution in [2.24, 2.45) is 0 Å². The Morgan fingerprint density at radius 2 is 1.36 bits per heavy atom. The van der Waals surface area contributed by atoms with Crippen LogP contribution in [0.2, 0.25) is 0 Å². The van der Waals surface area contributed by atoms with Crippen LogP contribution in [0.15, 0.2) is 0 Å². The predicted octanol–water partition coefficient (Wildman–Crippen LogP) is 3.61. The fourth-order valence-electron chi connectivity index (χ4n) is 3.29. The molecule has 0 unspecified atom stereocenters. The molecule has 0 bridgehead atoms. The molecule has 0 aromatic heterocycles. The molecule has 0 saturated carbocycles. The van der Waals surface area contributed by atoms with E-state index in [1.807, 2.05) is 11.8 Å². The van der Waals surface area contributed by atoms with E-state index in [2.05, 4.69) is 11.8 Å². The van der Waals surface area contributed by atoms with Gasteiger partial charge in [0.05, 0.1) is 13.2 Å². The maximum Gasteiger partial charge on any atom is 0.320 e. The first-order valence-corrected chi connectivity index (χ1v) is 10.3. The van der Waals surface area contributed by atoms with Gasteiger partial charge in [0.15, 0.2) is 0 Å². The standard InChI is InChI=1S/C20H38N2O3/c1-3-5-6-7-8-9-10-11-12-13-19(23)22-16-14-21(15-17-22)18-20(24)25-4-2/h3-18H2,1-2H3. The van der Waals surface area contributed by atoms with E-state index in [1.54, 1.807) is 0 Å². The summed E-state index contributed by atoms with van der Waals surface area (Å²) in [6.45, 7) is 7.83. The summed E-state index contributed by atoms with van der Waals surface area (Å²) in [4.78, 5) is 27.8. The molecule has 0 aromatic rings. The van der Waals surface area contributed by atoms with Crippen molar-refractivity contribution in [3.05, 3.63) is 0 Å². The van der Waals surface area contributed by atoms with Crippen LogP contribution < -0.4 is 0 Å². The van der Waals surface area contributed by atoms with E-state index < -0.39 is 0 Å². The van der Waals surface area contributed by atoms with E-state index in [9.17, 15) is 9.59 Å². The topological polar surface area (TPSA) is 49.9 Å². The molecule has 1 aliphatic rings. The lowest BCUT2D eigenvalue weighted by Gasteiger charge is -2.34. The van der Waals surface area contributed by atoms with Crippen LogP contribution in [0.5, 0.6) is 0 Å². The van der Waals surface area contributed by atoms with Gasteiger partial charge in [0.2, 0.25) is 5.91 Å². The first kappa shape index (κ1) is 21.9. The molecule has 146 valence electrons. The molecule has 25 heavy (non-hydrogen) atoms. The Balaban J connectivity index is 2.00. The van der Waals surface area contributed by atoms with Gasteiger partial charge in [-0.15, -0.1) is 0 Å². The molecule has 5 heteroatoms. The van der Waals surface area contributed by atoms with Gasteiger partial charge in [-0.05, 0) is 13.3 Å². The Labute approximate surface area is 154 Å². The lowest BCUT2D eigenvalue weighted by molar-refractivity contribution is -0.145. The molecule has 1 saturated heterocycles. The normalized spacial score (nSPS) is 15.4. The Hall–Kier alpha value is -1.10.